The minimum atomic E-state index is -1.00. The van der Waals surface area contributed by atoms with Gasteiger partial charge in [0, 0.05) is 16.5 Å². The van der Waals surface area contributed by atoms with Crippen LogP contribution in [-0.4, -0.2) is 32.5 Å². The molecular formula is C14H14ClN3O3. The molecule has 0 bridgehead atoms. The Bertz CT molecular complexity index is 732. The Kier molecular flexibility index (Phi) is 2.53. The third-order valence-corrected chi connectivity index (χ3v) is 5.01. The number of nitrogens with one attached hydrogen (secondary N) is 2. The maximum atomic E-state index is 11.0. The van der Waals surface area contributed by atoms with Crippen LogP contribution in [0.2, 0.25) is 5.02 Å². The summed E-state index contributed by atoms with van der Waals surface area (Å²) in [7, 11) is 0. The highest BCUT2D eigenvalue weighted by Gasteiger charge is 2.62. The molecule has 0 radical (unpaired) electrons. The highest BCUT2D eigenvalue weighted by molar-refractivity contribution is 6.31. The molecule has 1 heterocycles. The average molecular weight is 308 g/mol. The van der Waals surface area contributed by atoms with Gasteiger partial charge in [0.25, 0.3) is 0 Å². The number of carboxylic acid groups (broad SMARTS) is 1. The minimum Gasteiger partial charge on any atom is -0.465 e. The molecule has 4 rings (SSSR count). The second kappa shape index (κ2) is 4.11. The highest BCUT2D eigenvalue weighted by atomic mass is 35.5. The van der Waals surface area contributed by atoms with Crippen molar-refractivity contribution < 1.29 is 15.0 Å². The summed E-state index contributed by atoms with van der Waals surface area (Å²) in [6, 6.07) is 3.53. The zero-order valence-corrected chi connectivity index (χ0v) is 11.8. The van der Waals surface area contributed by atoms with Gasteiger partial charge in [-0.25, -0.2) is 4.79 Å². The van der Waals surface area contributed by atoms with E-state index in [0.29, 0.717) is 17.9 Å². The van der Waals surface area contributed by atoms with Crippen LogP contribution in [0.3, 0.4) is 0 Å². The molecule has 4 N–H and O–H groups in total. The summed E-state index contributed by atoms with van der Waals surface area (Å²) in [5.41, 5.74) is 0.616. The summed E-state index contributed by atoms with van der Waals surface area (Å²) < 4.78 is 0. The number of rotatable bonds is 2. The summed E-state index contributed by atoms with van der Waals surface area (Å²) in [5, 5.41) is 30.6. The van der Waals surface area contributed by atoms with Crippen molar-refractivity contribution in [1.29, 1.82) is 0 Å². The van der Waals surface area contributed by atoms with Gasteiger partial charge < -0.3 is 15.5 Å². The fourth-order valence-corrected chi connectivity index (χ4v) is 4.06. The first-order valence-electron chi connectivity index (χ1n) is 6.83. The van der Waals surface area contributed by atoms with Gasteiger partial charge in [-0.1, -0.05) is 11.6 Å². The molecule has 1 aromatic heterocycles. The quantitative estimate of drug-likeness (QED) is 0.682. The lowest BCUT2D eigenvalue weighted by atomic mass is 9.86. The van der Waals surface area contributed by atoms with E-state index in [0.717, 1.165) is 16.5 Å². The average Bonchev–Trinajstić information content (AvgIpc) is 2.83. The third kappa shape index (κ3) is 1.90. The van der Waals surface area contributed by atoms with Gasteiger partial charge in [0.2, 0.25) is 0 Å². The number of hydrogen-bond acceptors (Lipinski definition) is 3. The van der Waals surface area contributed by atoms with Crippen LogP contribution in [-0.2, 0) is 5.60 Å². The van der Waals surface area contributed by atoms with E-state index < -0.39 is 11.7 Å². The van der Waals surface area contributed by atoms with E-state index in [9.17, 15) is 9.90 Å². The normalized spacial score (nSPS) is 33.9. The largest absolute Gasteiger partial charge is 0.465 e. The molecule has 0 spiro atoms. The number of fused-ring (bicyclic) bond motifs is 2. The lowest BCUT2D eigenvalue weighted by Crippen LogP contribution is -2.32. The van der Waals surface area contributed by atoms with E-state index in [4.69, 9.17) is 16.7 Å². The molecule has 1 amide bonds. The Morgan fingerprint density at radius 1 is 1.43 bits per heavy atom. The molecule has 4 atom stereocenters. The number of aromatic nitrogens is 2. The molecule has 7 heteroatoms. The van der Waals surface area contributed by atoms with Crippen LogP contribution >= 0.6 is 11.6 Å². The van der Waals surface area contributed by atoms with Crippen LogP contribution < -0.4 is 5.32 Å². The summed E-state index contributed by atoms with van der Waals surface area (Å²) in [6.45, 7) is 0. The van der Waals surface area contributed by atoms with Crippen molar-refractivity contribution in [2.75, 3.05) is 0 Å². The van der Waals surface area contributed by atoms with Crippen LogP contribution in [0.25, 0.3) is 10.9 Å². The molecule has 2 saturated carbocycles. The first-order chi connectivity index (χ1) is 9.98. The van der Waals surface area contributed by atoms with Crippen LogP contribution in [0.1, 0.15) is 18.4 Å². The molecule has 1 aromatic carbocycles. The van der Waals surface area contributed by atoms with Gasteiger partial charge in [-0.2, -0.15) is 5.10 Å². The molecule has 2 aliphatic rings. The number of aliphatic hydroxyl groups is 1. The summed E-state index contributed by atoms with van der Waals surface area (Å²) in [5.74, 6) is 0.402. The number of nitrogens with zero attached hydrogens (tertiary/aromatic N) is 1. The van der Waals surface area contributed by atoms with Crippen LogP contribution in [0.15, 0.2) is 18.3 Å². The van der Waals surface area contributed by atoms with Crippen molar-refractivity contribution in [3.05, 3.63) is 28.9 Å². The predicted molar refractivity (Wildman–Crippen MR) is 76.2 cm³/mol. The van der Waals surface area contributed by atoms with Gasteiger partial charge in [-0.15, -0.1) is 0 Å². The topological polar surface area (TPSA) is 98.2 Å². The Morgan fingerprint density at radius 2 is 2.14 bits per heavy atom. The van der Waals surface area contributed by atoms with E-state index in [2.05, 4.69) is 15.5 Å². The number of halogens is 1. The van der Waals surface area contributed by atoms with Crippen molar-refractivity contribution in [2.45, 2.75) is 24.5 Å². The van der Waals surface area contributed by atoms with Crippen molar-refractivity contribution in [3.63, 3.8) is 0 Å². The molecular weight excluding hydrogens is 294 g/mol. The minimum absolute atomic E-state index is 0.0261. The lowest BCUT2D eigenvalue weighted by Gasteiger charge is -2.27. The Hall–Kier alpha value is -1.79. The molecule has 110 valence electrons. The van der Waals surface area contributed by atoms with E-state index in [1.807, 2.05) is 0 Å². The Balaban J connectivity index is 1.65. The van der Waals surface area contributed by atoms with Crippen molar-refractivity contribution in [3.8, 4) is 0 Å². The van der Waals surface area contributed by atoms with E-state index >= 15 is 0 Å². The van der Waals surface area contributed by atoms with E-state index in [1.165, 1.54) is 0 Å². The van der Waals surface area contributed by atoms with Crippen LogP contribution in [0.4, 0.5) is 4.79 Å². The maximum Gasteiger partial charge on any atom is 0.404 e. The summed E-state index contributed by atoms with van der Waals surface area (Å²) in [4.78, 5) is 10.7. The zero-order valence-electron chi connectivity index (χ0n) is 11.0. The molecule has 2 aromatic rings. The number of benzene rings is 1. The summed E-state index contributed by atoms with van der Waals surface area (Å²) in [6.07, 6.45) is 1.78. The number of amides is 1. The van der Waals surface area contributed by atoms with Gasteiger partial charge in [-0.3, -0.25) is 5.10 Å². The monoisotopic (exact) mass is 307 g/mol. The SMILES string of the molecule is O=C(O)N[C@@H]1[C@@H]2C[C@@](O)(c3cc(Cl)cc4[nH]ncc34)C[C@@H]21. The van der Waals surface area contributed by atoms with E-state index in [-0.39, 0.29) is 17.9 Å². The fourth-order valence-electron chi connectivity index (χ4n) is 3.84. The molecule has 21 heavy (non-hydrogen) atoms. The first kappa shape index (κ1) is 12.9. The second-order valence-corrected chi connectivity index (χ2v) is 6.46. The molecule has 2 fully saturated rings. The van der Waals surface area contributed by atoms with Crippen molar-refractivity contribution >= 4 is 28.6 Å². The van der Waals surface area contributed by atoms with Gasteiger partial charge in [0.15, 0.2) is 0 Å². The van der Waals surface area contributed by atoms with Gasteiger partial charge in [0.05, 0.1) is 17.3 Å². The molecule has 2 aliphatic carbocycles. The zero-order chi connectivity index (χ0) is 14.8. The third-order valence-electron chi connectivity index (χ3n) is 4.79. The molecule has 0 aliphatic heterocycles. The first-order valence-corrected chi connectivity index (χ1v) is 7.21. The summed E-state index contributed by atoms with van der Waals surface area (Å²) >= 11 is 6.12. The Labute approximate surface area is 125 Å². The number of carbonyl (C=O) groups is 1. The molecule has 6 nitrogen and oxygen atoms in total. The van der Waals surface area contributed by atoms with Gasteiger partial charge in [0.1, 0.15) is 0 Å². The standard InChI is InChI=1S/C14H14ClN3O3/c15-6-1-10(9-5-16-18-11(9)2-6)14(21)3-7-8(4-14)12(7)17-13(19)20/h1-2,5,7-8,12,17,21H,3-4H2,(H,16,18)(H,19,20)/t7-,8+,12-,14+. The van der Waals surface area contributed by atoms with Crippen molar-refractivity contribution in [1.82, 2.24) is 15.5 Å². The highest BCUT2D eigenvalue weighted by Crippen LogP contribution is 2.60. The van der Waals surface area contributed by atoms with Crippen LogP contribution in [0.5, 0.6) is 0 Å². The fraction of sp³-hybridized carbons (Fsp3) is 0.429. The smallest absolute Gasteiger partial charge is 0.404 e. The van der Waals surface area contributed by atoms with Gasteiger partial charge >= 0.3 is 6.09 Å². The molecule has 0 unspecified atom stereocenters. The van der Waals surface area contributed by atoms with Crippen LogP contribution in [0, 0.1) is 11.8 Å². The number of H-pyrrole nitrogens is 1. The Morgan fingerprint density at radius 3 is 2.81 bits per heavy atom. The maximum absolute atomic E-state index is 11.0. The predicted octanol–water partition coefficient (Wildman–Crippen LogP) is 2.08. The number of aromatic amines is 1. The lowest BCUT2D eigenvalue weighted by molar-refractivity contribution is 0.0295. The van der Waals surface area contributed by atoms with Gasteiger partial charge in [-0.05, 0) is 42.4 Å². The second-order valence-electron chi connectivity index (χ2n) is 6.03. The van der Waals surface area contributed by atoms with Crippen molar-refractivity contribution in [2.24, 2.45) is 11.8 Å². The molecule has 0 saturated heterocycles. The number of hydrogen-bond donors (Lipinski definition) is 4. The van der Waals surface area contributed by atoms with E-state index in [1.54, 1.807) is 18.3 Å².